The maximum Gasteiger partial charge on any atom is 0.260 e. The fourth-order valence-corrected chi connectivity index (χ4v) is 4.20. The molecule has 0 aromatic heterocycles. The molecule has 2 aliphatic rings. The van der Waals surface area contributed by atoms with E-state index in [1.54, 1.807) is 18.2 Å². The van der Waals surface area contributed by atoms with Crippen LogP contribution >= 0.6 is 23.2 Å². The third-order valence-electron chi connectivity index (χ3n) is 5.35. The van der Waals surface area contributed by atoms with Crippen molar-refractivity contribution in [2.75, 3.05) is 19.7 Å². The number of likely N-dealkylation sites (tertiary alicyclic amines) is 1. The van der Waals surface area contributed by atoms with Crippen LogP contribution in [-0.4, -0.2) is 30.5 Å². The molecule has 3 nitrogen and oxygen atoms in total. The normalized spacial score (nSPS) is 17.4. The van der Waals surface area contributed by atoms with Gasteiger partial charge in [0.15, 0.2) is 6.61 Å². The molecule has 1 fully saturated rings. The second-order valence-corrected chi connectivity index (χ2v) is 7.58. The van der Waals surface area contributed by atoms with Crippen molar-refractivity contribution < 1.29 is 9.53 Å². The Morgan fingerprint density at radius 3 is 2.65 bits per heavy atom. The molecule has 0 N–H and O–H groups in total. The first-order valence-electron chi connectivity index (χ1n) is 8.72. The lowest BCUT2D eigenvalue weighted by molar-refractivity contribution is -0.134. The molecule has 1 aliphatic heterocycles. The fourth-order valence-electron chi connectivity index (χ4n) is 3.85. The van der Waals surface area contributed by atoms with Crippen LogP contribution in [0.2, 0.25) is 10.0 Å². The highest BCUT2D eigenvalue weighted by Crippen LogP contribution is 2.43. The molecule has 0 bridgehead atoms. The third-order valence-corrected chi connectivity index (χ3v) is 6.16. The van der Waals surface area contributed by atoms with Crippen LogP contribution in [0, 0.1) is 0 Å². The highest BCUT2D eigenvalue weighted by Gasteiger charge is 2.38. The first kappa shape index (κ1) is 17.4. The maximum absolute atomic E-state index is 12.5. The first-order chi connectivity index (χ1) is 12.6. The van der Waals surface area contributed by atoms with Gasteiger partial charge in [0.25, 0.3) is 5.91 Å². The molecule has 0 saturated carbocycles. The van der Waals surface area contributed by atoms with E-state index in [4.69, 9.17) is 27.9 Å². The molecular weight excluding hydrogens is 369 g/mol. The van der Waals surface area contributed by atoms with Gasteiger partial charge in [-0.3, -0.25) is 4.79 Å². The number of nitrogens with zero attached hydrogens (tertiary/aromatic N) is 1. The summed E-state index contributed by atoms with van der Waals surface area (Å²) in [5.41, 5.74) is 2.75. The molecule has 4 rings (SSSR count). The number of hydrogen-bond donors (Lipinski definition) is 0. The van der Waals surface area contributed by atoms with Gasteiger partial charge < -0.3 is 9.64 Å². The molecular formula is C21H19Cl2NO2. The number of hydrogen-bond acceptors (Lipinski definition) is 2. The van der Waals surface area contributed by atoms with Crippen LogP contribution in [0.15, 0.2) is 48.5 Å². The SMILES string of the molecule is O=C(COc1cccc(Cl)c1Cl)N1CCC2(C=Cc3ccccc32)CC1. The lowest BCUT2D eigenvalue weighted by Crippen LogP contribution is -2.45. The minimum absolute atomic E-state index is 0.0221. The van der Waals surface area contributed by atoms with Crippen LogP contribution in [0.1, 0.15) is 24.0 Å². The van der Waals surface area contributed by atoms with Crippen molar-refractivity contribution in [1.29, 1.82) is 0 Å². The summed E-state index contributed by atoms with van der Waals surface area (Å²) in [7, 11) is 0. The summed E-state index contributed by atoms with van der Waals surface area (Å²) in [5, 5.41) is 0.760. The van der Waals surface area contributed by atoms with Crippen molar-refractivity contribution in [3.05, 3.63) is 69.7 Å². The zero-order valence-electron chi connectivity index (χ0n) is 14.3. The number of piperidine rings is 1. The van der Waals surface area contributed by atoms with E-state index < -0.39 is 0 Å². The molecule has 134 valence electrons. The smallest absolute Gasteiger partial charge is 0.260 e. The number of carbonyl (C=O) groups excluding carboxylic acids is 1. The Bertz CT molecular complexity index is 870. The molecule has 1 heterocycles. The summed E-state index contributed by atoms with van der Waals surface area (Å²) in [6.45, 7) is 1.42. The molecule has 0 unspecified atom stereocenters. The van der Waals surface area contributed by atoms with Gasteiger partial charge in [-0.05, 0) is 36.1 Å². The van der Waals surface area contributed by atoms with Gasteiger partial charge in [-0.25, -0.2) is 0 Å². The lowest BCUT2D eigenvalue weighted by atomic mass is 9.74. The third kappa shape index (κ3) is 3.10. The van der Waals surface area contributed by atoms with Gasteiger partial charge in [0.1, 0.15) is 10.8 Å². The summed E-state index contributed by atoms with van der Waals surface area (Å²) in [4.78, 5) is 14.4. The molecule has 1 spiro atoms. The fraction of sp³-hybridized carbons (Fsp3) is 0.286. The van der Waals surface area contributed by atoms with E-state index in [0.29, 0.717) is 15.8 Å². The largest absolute Gasteiger partial charge is 0.482 e. The molecule has 2 aromatic rings. The van der Waals surface area contributed by atoms with Crippen molar-refractivity contribution in [1.82, 2.24) is 4.90 Å². The van der Waals surface area contributed by atoms with Gasteiger partial charge in [0, 0.05) is 18.5 Å². The Morgan fingerprint density at radius 2 is 1.85 bits per heavy atom. The quantitative estimate of drug-likeness (QED) is 0.744. The van der Waals surface area contributed by atoms with Crippen molar-refractivity contribution in [2.24, 2.45) is 0 Å². The van der Waals surface area contributed by atoms with E-state index in [1.165, 1.54) is 11.1 Å². The zero-order valence-corrected chi connectivity index (χ0v) is 15.8. The minimum atomic E-state index is -0.0283. The number of rotatable bonds is 3. The maximum atomic E-state index is 12.5. The molecule has 2 aromatic carbocycles. The van der Waals surface area contributed by atoms with E-state index >= 15 is 0 Å². The highest BCUT2D eigenvalue weighted by atomic mass is 35.5. The highest BCUT2D eigenvalue weighted by molar-refractivity contribution is 6.42. The second-order valence-electron chi connectivity index (χ2n) is 6.80. The number of fused-ring (bicyclic) bond motifs is 2. The van der Waals surface area contributed by atoms with E-state index in [-0.39, 0.29) is 17.9 Å². The number of ether oxygens (including phenoxy) is 1. The summed E-state index contributed by atoms with van der Waals surface area (Å²) >= 11 is 12.1. The predicted molar refractivity (Wildman–Crippen MR) is 105 cm³/mol. The van der Waals surface area contributed by atoms with Crippen molar-refractivity contribution in [3.63, 3.8) is 0 Å². The van der Waals surface area contributed by atoms with Crippen molar-refractivity contribution in [3.8, 4) is 5.75 Å². The van der Waals surface area contributed by atoms with Crippen LogP contribution in [-0.2, 0) is 10.2 Å². The molecule has 26 heavy (non-hydrogen) atoms. The van der Waals surface area contributed by atoms with Gasteiger partial charge in [-0.1, -0.05) is 65.7 Å². The Kier molecular flexibility index (Phi) is 4.68. The molecule has 1 amide bonds. The number of carbonyl (C=O) groups is 1. The summed E-state index contributed by atoms with van der Waals surface area (Å²) < 4.78 is 5.58. The molecule has 0 radical (unpaired) electrons. The molecule has 0 atom stereocenters. The predicted octanol–water partition coefficient (Wildman–Crippen LogP) is 4.96. The van der Waals surface area contributed by atoms with Gasteiger partial charge in [0.05, 0.1) is 5.02 Å². The van der Waals surface area contributed by atoms with E-state index in [9.17, 15) is 4.79 Å². The Balaban J connectivity index is 1.37. The van der Waals surface area contributed by atoms with E-state index in [1.807, 2.05) is 4.90 Å². The van der Waals surface area contributed by atoms with Crippen LogP contribution < -0.4 is 4.74 Å². The topological polar surface area (TPSA) is 29.5 Å². The average Bonchev–Trinajstić information content (AvgIpc) is 3.02. The monoisotopic (exact) mass is 387 g/mol. The summed E-state index contributed by atoms with van der Waals surface area (Å²) in [6.07, 6.45) is 6.38. The van der Waals surface area contributed by atoms with E-state index in [2.05, 4.69) is 36.4 Å². The zero-order chi connectivity index (χ0) is 18.1. The molecule has 1 saturated heterocycles. The Hall–Kier alpha value is -1.97. The molecule has 5 heteroatoms. The lowest BCUT2D eigenvalue weighted by Gasteiger charge is -2.39. The van der Waals surface area contributed by atoms with Crippen LogP contribution in [0.3, 0.4) is 0 Å². The number of amides is 1. The van der Waals surface area contributed by atoms with Gasteiger partial charge in [-0.15, -0.1) is 0 Å². The average molecular weight is 388 g/mol. The van der Waals surface area contributed by atoms with Crippen molar-refractivity contribution >= 4 is 35.2 Å². The number of benzene rings is 2. The summed E-state index contributed by atoms with van der Waals surface area (Å²) in [5.74, 6) is 0.416. The van der Waals surface area contributed by atoms with Crippen molar-refractivity contribution in [2.45, 2.75) is 18.3 Å². The second kappa shape index (κ2) is 6.98. The molecule has 1 aliphatic carbocycles. The first-order valence-corrected chi connectivity index (χ1v) is 9.48. The standard InChI is InChI=1S/C21H19Cl2NO2/c22-17-6-3-7-18(20(17)23)26-14-19(25)24-12-10-21(11-13-24)9-8-15-4-1-2-5-16(15)21/h1-9H,10-14H2. The minimum Gasteiger partial charge on any atom is -0.482 e. The van der Waals surface area contributed by atoms with Crippen LogP contribution in [0.4, 0.5) is 0 Å². The van der Waals surface area contributed by atoms with Crippen LogP contribution in [0.25, 0.3) is 6.08 Å². The van der Waals surface area contributed by atoms with Gasteiger partial charge in [-0.2, -0.15) is 0 Å². The number of halogens is 2. The summed E-state index contributed by atoms with van der Waals surface area (Å²) in [6, 6.07) is 13.7. The number of allylic oxidation sites excluding steroid dienone is 1. The van der Waals surface area contributed by atoms with E-state index in [0.717, 1.165) is 25.9 Å². The van der Waals surface area contributed by atoms with Gasteiger partial charge in [0.2, 0.25) is 0 Å². The van der Waals surface area contributed by atoms with Crippen LogP contribution in [0.5, 0.6) is 5.75 Å². The Labute approximate surface area is 163 Å². The Morgan fingerprint density at radius 1 is 1.08 bits per heavy atom. The van der Waals surface area contributed by atoms with Gasteiger partial charge >= 0.3 is 0 Å².